The second-order valence-electron chi connectivity index (χ2n) is 8.95. The first-order chi connectivity index (χ1) is 17.4. The average molecular weight is 509 g/mol. The van der Waals surface area contributed by atoms with Gasteiger partial charge in [-0.25, -0.2) is 4.79 Å². The maximum atomic E-state index is 13.1. The third-order valence-electron chi connectivity index (χ3n) is 6.62. The number of amides is 1. The second kappa shape index (κ2) is 9.73. The Labute approximate surface area is 213 Å². The van der Waals surface area contributed by atoms with Crippen LogP contribution in [-0.2, 0) is 12.8 Å². The van der Waals surface area contributed by atoms with Gasteiger partial charge in [0.25, 0.3) is 5.91 Å². The van der Waals surface area contributed by atoms with Crippen molar-refractivity contribution in [1.82, 2.24) is 5.32 Å². The lowest BCUT2D eigenvalue weighted by atomic mass is 9.88. The molecule has 0 saturated heterocycles. The molecule has 5 rings (SSSR count). The van der Waals surface area contributed by atoms with Gasteiger partial charge in [0.05, 0.1) is 32.5 Å². The van der Waals surface area contributed by atoms with E-state index >= 15 is 0 Å². The van der Waals surface area contributed by atoms with E-state index in [-0.39, 0.29) is 11.5 Å². The molecule has 2 N–H and O–H groups in total. The summed E-state index contributed by atoms with van der Waals surface area (Å²) in [5.74, 6) is 1.34. The molecule has 8 nitrogen and oxygen atoms in total. The number of esters is 1. The van der Waals surface area contributed by atoms with E-state index in [1.165, 1.54) is 43.9 Å². The molecule has 36 heavy (non-hydrogen) atoms. The molecule has 0 saturated carbocycles. The second-order valence-corrected chi connectivity index (χ2v) is 10.1. The number of methoxy groups -OCH3 is 3. The Hall–Kier alpha value is -3.72. The van der Waals surface area contributed by atoms with Crippen molar-refractivity contribution in [2.24, 2.45) is 5.92 Å². The molecule has 2 aromatic carbocycles. The van der Waals surface area contributed by atoms with Gasteiger partial charge in [-0.3, -0.25) is 4.79 Å². The monoisotopic (exact) mass is 508 g/mol. The van der Waals surface area contributed by atoms with Gasteiger partial charge < -0.3 is 29.6 Å². The predicted octanol–water partition coefficient (Wildman–Crippen LogP) is 4.97. The number of hydrogen-bond acceptors (Lipinski definition) is 8. The van der Waals surface area contributed by atoms with E-state index in [9.17, 15) is 9.59 Å². The van der Waals surface area contributed by atoms with Crippen molar-refractivity contribution in [1.29, 1.82) is 0 Å². The standard InChI is InChI=1S/C27H28N2O6S/c1-14-9-10-17-21(11-14)36-26-22(17)25(30)28-24(29-26)16-7-5-6-8-18(16)35-27(31)15-12-19(32-2)23(34-4)20(13-15)33-3/h5-8,12-14,24,29H,9-11H2,1-4H3,(H,28,30)/t14-,24-/m0/s1. The first kappa shape index (κ1) is 24.0. The van der Waals surface area contributed by atoms with E-state index in [0.29, 0.717) is 34.5 Å². The van der Waals surface area contributed by atoms with Gasteiger partial charge in [0.15, 0.2) is 11.5 Å². The number of nitrogens with one attached hydrogen (secondary N) is 2. The van der Waals surface area contributed by atoms with Crippen LogP contribution >= 0.6 is 11.3 Å². The normalized spacial score (nSPS) is 18.3. The Morgan fingerprint density at radius 1 is 1.00 bits per heavy atom. The molecule has 0 unspecified atom stereocenters. The van der Waals surface area contributed by atoms with Crippen molar-refractivity contribution < 1.29 is 28.5 Å². The number of benzene rings is 2. The number of fused-ring (bicyclic) bond motifs is 3. The summed E-state index contributed by atoms with van der Waals surface area (Å²) in [6, 6.07) is 10.2. The summed E-state index contributed by atoms with van der Waals surface area (Å²) in [4.78, 5) is 27.6. The van der Waals surface area contributed by atoms with Crippen LogP contribution in [0.1, 0.15) is 56.2 Å². The van der Waals surface area contributed by atoms with Crippen LogP contribution in [0.15, 0.2) is 36.4 Å². The van der Waals surface area contributed by atoms with Crippen LogP contribution in [0.4, 0.5) is 5.00 Å². The molecular weight excluding hydrogens is 480 g/mol. The number of ether oxygens (including phenoxy) is 4. The fourth-order valence-corrected chi connectivity index (χ4v) is 6.22. The molecule has 1 amide bonds. The zero-order chi connectivity index (χ0) is 25.4. The van der Waals surface area contributed by atoms with Crippen molar-refractivity contribution in [3.05, 3.63) is 63.5 Å². The highest BCUT2D eigenvalue weighted by Crippen LogP contribution is 2.43. The maximum Gasteiger partial charge on any atom is 0.343 e. The summed E-state index contributed by atoms with van der Waals surface area (Å²) >= 11 is 1.65. The number of anilines is 1. The van der Waals surface area contributed by atoms with Crippen molar-refractivity contribution in [2.45, 2.75) is 32.4 Å². The van der Waals surface area contributed by atoms with Crippen molar-refractivity contribution in [3.8, 4) is 23.0 Å². The van der Waals surface area contributed by atoms with Gasteiger partial charge in [-0.15, -0.1) is 11.3 Å². The van der Waals surface area contributed by atoms with Crippen molar-refractivity contribution >= 4 is 28.2 Å². The summed E-state index contributed by atoms with van der Waals surface area (Å²) in [6.07, 6.45) is 2.47. The average Bonchev–Trinajstić information content (AvgIpc) is 3.25. The lowest BCUT2D eigenvalue weighted by molar-refractivity contribution is 0.0731. The SMILES string of the molecule is COc1cc(C(=O)Oc2ccccc2[C@H]2NC(=O)c3c(sc4c3CC[C@H](C)C4)N2)cc(OC)c1OC. The Morgan fingerprint density at radius 2 is 1.72 bits per heavy atom. The Balaban J connectivity index is 1.43. The fraction of sp³-hybridized carbons (Fsp3) is 0.333. The number of rotatable bonds is 6. The smallest absolute Gasteiger partial charge is 0.343 e. The molecule has 0 bridgehead atoms. The lowest BCUT2D eigenvalue weighted by Gasteiger charge is -2.28. The molecule has 188 valence electrons. The Morgan fingerprint density at radius 3 is 2.42 bits per heavy atom. The van der Waals surface area contributed by atoms with Gasteiger partial charge >= 0.3 is 5.97 Å². The highest BCUT2D eigenvalue weighted by atomic mass is 32.1. The molecule has 9 heteroatoms. The quantitative estimate of drug-likeness (QED) is 0.358. The van der Waals surface area contributed by atoms with E-state index in [1.807, 2.05) is 12.1 Å². The molecule has 0 fully saturated rings. The van der Waals surface area contributed by atoms with Crippen LogP contribution in [0.3, 0.4) is 0 Å². The first-order valence-electron chi connectivity index (χ1n) is 11.8. The van der Waals surface area contributed by atoms with Gasteiger partial charge in [-0.05, 0) is 48.9 Å². The van der Waals surface area contributed by atoms with Crippen LogP contribution in [0.25, 0.3) is 0 Å². The molecule has 3 aromatic rings. The molecule has 1 aliphatic heterocycles. The van der Waals surface area contributed by atoms with Crippen LogP contribution in [0.5, 0.6) is 23.0 Å². The third kappa shape index (κ3) is 4.24. The number of hydrogen-bond donors (Lipinski definition) is 2. The molecular formula is C27H28N2O6S. The number of thiophene rings is 1. The molecule has 2 aliphatic rings. The zero-order valence-electron chi connectivity index (χ0n) is 20.6. The molecule has 2 heterocycles. The predicted molar refractivity (Wildman–Crippen MR) is 137 cm³/mol. The van der Waals surface area contributed by atoms with Gasteiger partial charge in [-0.2, -0.15) is 0 Å². The molecule has 2 atom stereocenters. The zero-order valence-corrected chi connectivity index (χ0v) is 21.4. The Kier molecular flexibility index (Phi) is 6.49. The topological polar surface area (TPSA) is 95.1 Å². The highest BCUT2D eigenvalue weighted by molar-refractivity contribution is 7.16. The Bertz CT molecular complexity index is 1310. The van der Waals surface area contributed by atoms with E-state index in [0.717, 1.165) is 29.8 Å². The summed E-state index contributed by atoms with van der Waals surface area (Å²) in [5.41, 5.74) is 2.81. The van der Waals surface area contributed by atoms with E-state index in [4.69, 9.17) is 18.9 Å². The third-order valence-corrected chi connectivity index (χ3v) is 7.81. The van der Waals surface area contributed by atoms with Gasteiger partial charge in [0.1, 0.15) is 16.9 Å². The first-order valence-corrected chi connectivity index (χ1v) is 12.6. The molecule has 1 aliphatic carbocycles. The largest absolute Gasteiger partial charge is 0.493 e. The minimum atomic E-state index is -0.592. The van der Waals surface area contributed by atoms with Crippen molar-refractivity contribution in [2.75, 3.05) is 26.6 Å². The van der Waals surface area contributed by atoms with Crippen LogP contribution < -0.4 is 29.6 Å². The maximum absolute atomic E-state index is 13.1. The van der Waals surface area contributed by atoms with Gasteiger partial charge in [0, 0.05) is 10.4 Å². The van der Waals surface area contributed by atoms with Gasteiger partial charge in [-0.1, -0.05) is 25.1 Å². The number of carbonyl (C=O) groups excluding carboxylic acids is 2. The summed E-state index contributed by atoms with van der Waals surface area (Å²) in [7, 11) is 4.46. The van der Waals surface area contributed by atoms with Crippen LogP contribution in [-0.4, -0.2) is 33.2 Å². The van der Waals surface area contributed by atoms with E-state index < -0.39 is 12.1 Å². The lowest BCUT2D eigenvalue weighted by Crippen LogP contribution is -2.38. The van der Waals surface area contributed by atoms with Crippen LogP contribution in [0.2, 0.25) is 0 Å². The van der Waals surface area contributed by atoms with E-state index in [1.54, 1.807) is 23.5 Å². The van der Waals surface area contributed by atoms with Crippen molar-refractivity contribution in [3.63, 3.8) is 0 Å². The molecule has 1 aromatic heterocycles. The molecule has 0 radical (unpaired) electrons. The summed E-state index contributed by atoms with van der Waals surface area (Å²) in [5, 5.41) is 7.38. The molecule has 0 spiro atoms. The number of para-hydroxylation sites is 1. The number of carbonyl (C=O) groups is 2. The minimum absolute atomic E-state index is 0.105. The van der Waals surface area contributed by atoms with Gasteiger partial charge in [0.2, 0.25) is 5.75 Å². The highest BCUT2D eigenvalue weighted by Gasteiger charge is 2.34. The summed E-state index contributed by atoms with van der Waals surface area (Å²) in [6.45, 7) is 2.25. The minimum Gasteiger partial charge on any atom is -0.493 e. The summed E-state index contributed by atoms with van der Waals surface area (Å²) < 4.78 is 21.8. The fourth-order valence-electron chi connectivity index (χ4n) is 4.79. The van der Waals surface area contributed by atoms with E-state index in [2.05, 4.69) is 17.6 Å². The van der Waals surface area contributed by atoms with Crippen LogP contribution in [0, 0.1) is 5.92 Å².